The number of hydrogen-bond donors (Lipinski definition) is 0. The van der Waals surface area contributed by atoms with Crippen molar-refractivity contribution in [3.8, 4) is 0 Å². The largest absolute Gasteiger partial charge is 1.00 e. The third-order valence-corrected chi connectivity index (χ3v) is 3.88. The summed E-state index contributed by atoms with van der Waals surface area (Å²) in [5.41, 5.74) is 1.01. The maximum atomic E-state index is 11.3. The second-order valence-electron chi connectivity index (χ2n) is 2.83. The van der Waals surface area contributed by atoms with E-state index in [4.69, 9.17) is 0 Å². The third-order valence-electron chi connectivity index (χ3n) is 1.83. The molecule has 4 nitrogen and oxygen atoms in total. The molecule has 1 aromatic carbocycles. The first-order valence-corrected chi connectivity index (χ1v) is 6.10. The van der Waals surface area contributed by atoms with Gasteiger partial charge >= 0.3 is 35.5 Å². The van der Waals surface area contributed by atoms with Gasteiger partial charge in [0.05, 0.1) is 12.7 Å². The number of methoxy groups -OCH3 is 1. The molecule has 0 aliphatic heterocycles. The minimum Gasteiger partial charge on any atom is -0.768 e. The van der Waals surface area contributed by atoms with Crippen LogP contribution in [-0.4, -0.2) is 21.8 Å². The zero-order valence-electron chi connectivity index (χ0n) is 9.07. The van der Waals surface area contributed by atoms with Crippen LogP contribution < -0.4 is 29.6 Å². The molecule has 0 aliphatic rings. The Kier molecular flexibility index (Phi) is 7.31. The van der Waals surface area contributed by atoms with Crippen LogP contribution >= 0.6 is 22.6 Å². The molecule has 0 saturated heterocycles. The molecule has 82 valence electrons. The Morgan fingerprint density at radius 2 is 2.06 bits per heavy atom. The van der Waals surface area contributed by atoms with E-state index in [-0.39, 0.29) is 40.0 Å². The molecule has 0 radical (unpaired) electrons. The minimum absolute atomic E-state index is 0. The molecule has 1 atom stereocenters. The van der Waals surface area contributed by atoms with Gasteiger partial charge < -0.3 is 9.29 Å². The second kappa shape index (κ2) is 7.07. The van der Waals surface area contributed by atoms with Gasteiger partial charge in [0, 0.05) is 8.47 Å². The number of halogens is 1. The van der Waals surface area contributed by atoms with Crippen molar-refractivity contribution in [1.29, 1.82) is 0 Å². The van der Waals surface area contributed by atoms with Crippen molar-refractivity contribution < 1.29 is 47.9 Å². The van der Waals surface area contributed by atoms with Crippen molar-refractivity contribution in [1.82, 2.24) is 0 Å². The van der Waals surface area contributed by atoms with Crippen LogP contribution in [0.15, 0.2) is 17.0 Å². The summed E-state index contributed by atoms with van der Waals surface area (Å²) in [6.45, 7) is 1.74. The van der Waals surface area contributed by atoms with Gasteiger partial charge in [-0.05, 0) is 58.3 Å². The molecule has 0 amide bonds. The summed E-state index contributed by atoms with van der Waals surface area (Å²) in [7, 11) is 1.26. The third kappa shape index (κ3) is 3.78. The zero-order valence-corrected chi connectivity index (χ0v) is 14.0. The van der Waals surface area contributed by atoms with Gasteiger partial charge in [-0.1, -0.05) is 0 Å². The fraction of sp³-hybridized carbons (Fsp3) is 0.222. The fourth-order valence-corrected chi connectivity index (χ4v) is 2.11. The van der Waals surface area contributed by atoms with Crippen molar-refractivity contribution in [2.24, 2.45) is 0 Å². The predicted octanol–water partition coefficient (Wildman–Crippen LogP) is -1.37. The second-order valence-corrected chi connectivity index (χ2v) is 4.85. The van der Waals surface area contributed by atoms with Crippen molar-refractivity contribution in [2.75, 3.05) is 7.11 Å². The van der Waals surface area contributed by atoms with Crippen molar-refractivity contribution in [3.63, 3.8) is 0 Å². The molecule has 1 aromatic rings. The van der Waals surface area contributed by atoms with E-state index in [0.29, 0.717) is 3.57 Å². The van der Waals surface area contributed by atoms with Crippen LogP contribution in [0.4, 0.5) is 0 Å². The topological polar surface area (TPSA) is 66.4 Å². The monoisotopic (exact) mass is 362 g/mol. The molecule has 0 aromatic heterocycles. The summed E-state index contributed by atoms with van der Waals surface area (Å²) in [6, 6.07) is 2.82. The summed E-state index contributed by atoms with van der Waals surface area (Å²) in [5.74, 6) is -0.533. The molecule has 16 heavy (non-hydrogen) atoms. The molecule has 0 saturated carbocycles. The van der Waals surface area contributed by atoms with E-state index < -0.39 is 17.0 Å². The molecule has 0 heterocycles. The molecule has 0 spiro atoms. The average Bonchev–Trinajstić information content (AvgIpc) is 2.20. The summed E-state index contributed by atoms with van der Waals surface area (Å²) >= 11 is -0.356. The van der Waals surface area contributed by atoms with Crippen molar-refractivity contribution >= 4 is 39.6 Å². The molecular weight excluding hydrogens is 354 g/mol. The van der Waals surface area contributed by atoms with E-state index >= 15 is 0 Å². The van der Waals surface area contributed by atoms with E-state index in [2.05, 4.69) is 4.74 Å². The normalized spacial score (nSPS) is 11.5. The Balaban J connectivity index is 0.00000225. The van der Waals surface area contributed by atoms with Gasteiger partial charge in [0.1, 0.15) is 0 Å². The number of carbonyl (C=O) groups is 1. The summed E-state index contributed by atoms with van der Waals surface area (Å²) in [4.78, 5) is 11.4. The number of ether oxygens (including phenoxy) is 1. The molecule has 0 N–H and O–H groups in total. The SMILES string of the molecule is COC(=O)c1cc(S(=O)[O-])cc(C)c1I.[Na+]. The van der Waals surface area contributed by atoms with Crippen LogP contribution in [0.5, 0.6) is 0 Å². The minimum atomic E-state index is -2.34. The van der Waals surface area contributed by atoms with Crippen LogP contribution in [0.25, 0.3) is 0 Å². The van der Waals surface area contributed by atoms with E-state index in [1.807, 2.05) is 22.6 Å². The van der Waals surface area contributed by atoms with Crippen LogP contribution in [-0.2, 0) is 15.8 Å². The Labute approximate surface area is 132 Å². The summed E-state index contributed by atoms with van der Waals surface area (Å²) < 4.78 is 26.8. The Hall–Kier alpha value is 0.530. The van der Waals surface area contributed by atoms with Crippen LogP contribution in [0.2, 0.25) is 0 Å². The first kappa shape index (κ1) is 16.5. The van der Waals surface area contributed by atoms with Crippen molar-refractivity contribution in [3.05, 3.63) is 26.8 Å². The van der Waals surface area contributed by atoms with Crippen LogP contribution in [0.3, 0.4) is 0 Å². The van der Waals surface area contributed by atoms with Gasteiger partial charge in [-0.25, -0.2) is 4.79 Å². The standard InChI is InChI=1S/C9H9IO4S.Na/c1-5-3-6(15(12)13)4-7(8(5)10)9(11)14-2;/h3-4H,1-2H3,(H,12,13);/q;+1/p-1. The predicted molar refractivity (Wildman–Crippen MR) is 62.4 cm³/mol. The number of hydrogen-bond acceptors (Lipinski definition) is 4. The Morgan fingerprint density at radius 1 is 1.50 bits per heavy atom. The van der Waals surface area contributed by atoms with Gasteiger partial charge in [-0.15, -0.1) is 0 Å². The van der Waals surface area contributed by atoms with Gasteiger partial charge in [0.15, 0.2) is 0 Å². The van der Waals surface area contributed by atoms with Gasteiger partial charge in [-0.3, -0.25) is 4.21 Å². The molecule has 0 aliphatic carbocycles. The van der Waals surface area contributed by atoms with Gasteiger partial charge in [0.2, 0.25) is 0 Å². The van der Waals surface area contributed by atoms with E-state index in [1.54, 1.807) is 6.92 Å². The van der Waals surface area contributed by atoms with Crippen molar-refractivity contribution in [2.45, 2.75) is 11.8 Å². The first-order valence-electron chi connectivity index (χ1n) is 3.95. The fourth-order valence-electron chi connectivity index (χ4n) is 1.09. The first-order chi connectivity index (χ1) is 6.97. The van der Waals surface area contributed by atoms with Gasteiger partial charge in [-0.2, -0.15) is 0 Å². The molecule has 1 unspecified atom stereocenters. The quantitative estimate of drug-likeness (QED) is 0.282. The molecule has 1 rings (SSSR count). The summed E-state index contributed by atoms with van der Waals surface area (Å²) in [5, 5.41) is 0. The molecule has 0 bridgehead atoms. The van der Waals surface area contributed by atoms with E-state index in [9.17, 15) is 13.6 Å². The zero-order chi connectivity index (χ0) is 11.6. The van der Waals surface area contributed by atoms with Crippen LogP contribution in [0, 0.1) is 10.5 Å². The Morgan fingerprint density at radius 3 is 2.50 bits per heavy atom. The van der Waals surface area contributed by atoms with Gasteiger partial charge in [0.25, 0.3) is 0 Å². The summed E-state index contributed by atoms with van der Waals surface area (Å²) in [6.07, 6.45) is 0. The average molecular weight is 362 g/mol. The number of rotatable bonds is 2. The number of benzene rings is 1. The van der Waals surface area contributed by atoms with E-state index in [1.165, 1.54) is 19.2 Å². The van der Waals surface area contributed by atoms with Crippen LogP contribution in [0.1, 0.15) is 15.9 Å². The number of aryl methyl sites for hydroxylation is 1. The maximum absolute atomic E-state index is 11.3. The maximum Gasteiger partial charge on any atom is 1.00 e. The van der Waals surface area contributed by atoms with E-state index in [0.717, 1.165) is 5.56 Å². The molecule has 7 heteroatoms. The molecule has 0 fully saturated rings. The number of esters is 1. The Bertz CT molecular complexity index is 436. The smallest absolute Gasteiger partial charge is 0.768 e. The molecular formula is C9H8INaO4S. The number of carbonyl (C=O) groups excluding carboxylic acids is 1.